The molecule has 1 aromatic carbocycles. The van der Waals surface area contributed by atoms with Gasteiger partial charge in [-0.1, -0.05) is 11.6 Å². The van der Waals surface area contributed by atoms with Crippen LogP contribution in [0.2, 0.25) is 0 Å². The normalized spacial score (nSPS) is 20.4. The molecule has 1 aliphatic heterocycles. The average molecular weight is 333 g/mol. The number of imidazole rings is 1. The predicted octanol–water partition coefficient (Wildman–Crippen LogP) is 1.44. The van der Waals surface area contributed by atoms with E-state index in [2.05, 4.69) is 4.98 Å². The molecule has 1 saturated heterocycles. The molecule has 0 aliphatic carbocycles. The van der Waals surface area contributed by atoms with E-state index >= 15 is 0 Å². The van der Waals surface area contributed by atoms with Crippen LogP contribution in [0.4, 0.5) is 0 Å². The van der Waals surface area contributed by atoms with Gasteiger partial charge in [0.25, 0.3) is 5.91 Å². The summed E-state index contributed by atoms with van der Waals surface area (Å²) >= 11 is 0. The van der Waals surface area contributed by atoms with Gasteiger partial charge in [-0.3, -0.25) is 4.79 Å². The number of aryl methyl sites for hydroxylation is 1. The molecule has 7 heteroatoms. The number of nitrogens with zero attached hydrogens (tertiary/aromatic N) is 3. The Labute approximate surface area is 135 Å². The quantitative estimate of drug-likeness (QED) is 0.834. The first-order valence-electron chi connectivity index (χ1n) is 7.48. The molecular formula is C16H19N3O3S. The lowest BCUT2D eigenvalue weighted by atomic mass is 10.1. The van der Waals surface area contributed by atoms with E-state index in [-0.39, 0.29) is 30.0 Å². The van der Waals surface area contributed by atoms with Crippen molar-refractivity contribution in [1.82, 2.24) is 14.5 Å². The predicted molar refractivity (Wildman–Crippen MR) is 87.5 cm³/mol. The molecule has 1 aliphatic rings. The molecule has 0 N–H and O–H groups in total. The molecule has 0 radical (unpaired) electrons. The first-order chi connectivity index (χ1) is 10.9. The van der Waals surface area contributed by atoms with Crippen LogP contribution >= 0.6 is 0 Å². The standard InChI is InChI=1S/C16H19N3O3S/c1-12-3-4-15(18-6-5-17-11-18)14(9-12)16(20)19-7-8-23(21,22)10-13(19)2/h3-6,9,11,13H,7-8,10H2,1-2H3/t13-/m0/s1. The van der Waals surface area contributed by atoms with Crippen molar-refractivity contribution >= 4 is 15.7 Å². The zero-order chi connectivity index (χ0) is 16.6. The van der Waals surface area contributed by atoms with Gasteiger partial charge in [-0.25, -0.2) is 13.4 Å². The number of benzene rings is 1. The van der Waals surface area contributed by atoms with E-state index in [9.17, 15) is 13.2 Å². The summed E-state index contributed by atoms with van der Waals surface area (Å²) in [6, 6.07) is 5.34. The Balaban J connectivity index is 1.98. The van der Waals surface area contributed by atoms with Crippen LogP contribution in [0.3, 0.4) is 0 Å². The Hall–Kier alpha value is -2.15. The maximum Gasteiger partial charge on any atom is 0.256 e. The number of aromatic nitrogens is 2. The second kappa shape index (κ2) is 5.81. The number of hydrogen-bond donors (Lipinski definition) is 0. The first-order valence-corrected chi connectivity index (χ1v) is 9.30. The number of amides is 1. The van der Waals surface area contributed by atoms with E-state index in [1.165, 1.54) is 0 Å². The number of carbonyl (C=O) groups is 1. The van der Waals surface area contributed by atoms with E-state index in [0.717, 1.165) is 11.3 Å². The maximum absolute atomic E-state index is 13.0. The van der Waals surface area contributed by atoms with Crippen molar-refractivity contribution in [2.24, 2.45) is 0 Å². The lowest BCUT2D eigenvalue weighted by Crippen LogP contribution is -2.49. The highest BCUT2D eigenvalue weighted by Crippen LogP contribution is 2.21. The molecule has 0 unspecified atom stereocenters. The molecule has 23 heavy (non-hydrogen) atoms. The second-order valence-corrected chi connectivity index (χ2v) is 8.18. The Morgan fingerprint density at radius 1 is 1.35 bits per heavy atom. The monoisotopic (exact) mass is 333 g/mol. The molecule has 1 atom stereocenters. The van der Waals surface area contributed by atoms with Crippen LogP contribution in [-0.4, -0.2) is 52.9 Å². The summed E-state index contributed by atoms with van der Waals surface area (Å²) in [6.45, 7) is 3.94. The van der Waals surface area contributed by atoms with Crippen molar-refractivity contribution in [3.63, 3.8) is 0 Å². The van der Waals surface area contributed by atoms with Gasteiger partial charge in [0, 0.05) is 25.0 Å². The molecule has 6 nitrogen and oxygen atoms in total. The highest BCUT2D eigenvalue weighted by Gasteiger charge is 2.32. The van der Waals surface area contributed by atoms with Crippen LogP contribution in [0.1, 0.15) is 22.8 Å². The minimum Gasteiger partial charge on any atom is -0.334 e. The summed E-state index contributed by atoms with van der Waals surface area (Å²) in [7, 11) is -3.05. The molecule has 2 aromatic rings. The third kappa shape index (κ3) is 3.14. The van der Waals surface area contributed by atoms with Crippen LogP contribution in [0.15, 0.2) is 36.9 Å². The fourth-order valence-corrected chi connectivity index (χ4v) is 4.46. The molecule has 0 bridgehead atoms. The molecule has 1 aromatic heterocycles. The summed E-state index contributed by atoms with van der Waals surface area (Å²) in [5.74, 6) is -0.0971. The number of carbonyl (C=O) groups excluding carboxylic acids is 1. The number of sulfone groups is 1. The summed E-state index contributed by atoms with van der Waals surface area (Å²) in [5.41, 5.74) is 2.29. The Morgan fingerprint density at radius 3 is 2.78 bits per heavy atom. The van der Waals surface area contributed by atoms with Gasteiger partial charge in [0.2, 0.25) is 0 Å². The van der Waals surface area contributed by atoms with Crippen LogP contribution in [0, 0.1) is 6.92 Å². The Bertz CT molecular complexity index is 828. The van der Waals surface area contributed by atoms with Crippen molar-refractivity contribution < 1.29 is 13.2 Å². The van der Waals surface area contributed by atoms with E-state index in [1.807, 2.05) is 25.1 Å². The van der Waals surface area contributed by atoms with Gasteiger partial charge in [-0.05, 0) is 26.0 Å². The highest BCUT2D eigenvalue weighted by atomic mass is 32.2. The van der Waals surface area contributed by atoms with Gasteiger partial charge in [0.05, 0.1) is 29.1 Å². The van der Waals surface area contributed by atoms with Crippen LogP contribution in [0.5, 0.6) is 0 Å². The third-order valence-corrected chi connectivity index (χ3v) is 5.89. The molecule has 1 amide bonds. The summed E-state index contributed by atoms with van der Waals surface area (Å²) < 4.78 is 25.2. The summed E-state index contributed by atoms with van der Waals surface area (Å²) in [6.07, 6.45) is 5.08. The molecule has 1 fully saturated rings. The number of rotatable bonds is 2. The summed E-state index contributed by atoms with van der Waals surface area (Å²) in [4.78, 5) is 18.7. The largest absolute Gasteiger partial charge is 0.334 e. The Kier molecular flexibility index (Phi) is 3.97. The smallest absolute Gasteiger partial charge is 0.256 e. The van der Waals surface area contributed by atoms with Crippen LogP contribution in [-0.2, 0) is 9.84 Å². The lowest BCUT2D eigenvalue weighted by Gasteiger charge is -2.33. The molecule has 2 heterocycles. The average Bonchev–Trinajstić information content (AvgIpc) is 2.99. The zero-order valence-corrected chi connectivity index (χ0v) is 14.0. The van der Waals surface area contributed by atoms with Crippen molar-refractivity contribution in [3.05, 3.63) is 48.0 Å². The van der Waals surface area contributed by atoms with Gasteiger partial charge in [0.15, 0.2) is 9.84 Å². The minimum absolute atomic E-state index is 0.0188. The minimum atomic E-state index is -3.05. The third-order valence-electron chi connectivity index (χ3n) is 4.10. The van der Waals surface area contributed by atoms with Crippen molar-refractivity contribution in [1.29, 1.82) is 0 Å². The fourth-order valence-electron chi connectivity index (χ4n) is 2.90. The molecule has 122 valence electrons. The van der Waals surface area contributed by atoms with Gasteiger partial charge in [-0.2, -0.15) is 0 Å². The first kappa shape index (κ1) is 15.7. The van der Waals surface area contributed by atoms with Gasteiger partial charge < -0.3 is 9.47 Å². The molecule has 0 spiro atoms. The SMILES string of the molecule is Cc1ccc(-n2ccnc2)c(C(=O)N2CCS(=O)(=O)C[C@@H]2C)c1. The van der Waals surface area contributed by atoms with E-state index in [0.29, 0.717) is 5.56 Å². The van der Waals surface area contributed by atoms with E-state index in [4.69, 9.17) is 0 Å². The molecule has 0 saturated carbocycles. The summed E-state index contributed by atoms with van der Waals surface area (Å²) in [5, 5.41) is 0. The van der Waals surface area contributed by atoms with Gasteiger partial charge in [0.1, 0.15) is 0 Å². The maximum atomic E-state index is 13.0. The topological polar surface area (TPSA) is 72.3 Å². The number of hydrogen-bond acceptors (Lipinski definition) is 4. The van der Waals surface area contributed by atoms with Crippen LogP contribution in [0.25, 0.3) is 5.69 Å². The van der Waals surface area contributed by atoms with Crippen LogP contribution < -0.4 is 0 Å². The fraction of sp³-hybridized carbons (Fsp3) is 0.375. The molecule has 3 rings (SSSR count). The molecular weight excluding hydrogens is 314 g/mol. The van der Waals surface area contributed by atoms with Crippen molar-refractivity contribution in [3.8, 4) is 5.69 Å². The lowest BCUT2D eigenvalue weighted by molar-refractivity contribution is 0.0712. The van der Waals surface area contributed by atoms with Crippen molar-refractivity contribution in [2.45, 2.75) is 19.9 Å². The highest BCUT2D eigenvalue weighted by molar-refractivity contribution is 7.91. The van der Waals surface area contributed by atoms with Gasteiger partial charge in [-0.15, -0.1) is 0 Å². The van der Waals surface area contributed by atoms with Crippen molar-refractivity contribution in [2.75, 3.05) is 18.1 Å². The Morgan fingerprint density at radius 2 is 2.13 bits per heavy atom. The second-order valence-electron chi connectivity index (χ2n) is 5.95. The van der Waals surface area contributed by atoms with E-state index in [1.54, 1.807) is 35.1 Å². The zero-order valence-electron chi connectivity index (χ0n) is 13.1. The van der Waals surface area contributed by atoms with Gasteiger partial charge >= 0.3 is 0 Å². The van der Waals surface area contributed by atoms with E-state index < -0.39 is 9.84 Å².